The Morgan fingerprint density at radius 2 is 1.33 bits per heavy atom. The highest BCUT2D eigenvalue weighted by atomic mass is 16.4. The molecule has 0 radical (unpaired) electrons. The summed E-state index contributed by atoms with van der Waals surface area (Å²) in [6.07, 6.45) is 9.60. The van der Waals surface area contributed by atoms with Crippen LogP contribution >= 0.6 is 0 Å². The van der Waals surface area contributed by atoms with Crippen molar-refractivity contribution in [3.05, 3.63) is 66.3 Å². The highest BCUT2D eigenvalue weighted by Gasteiger charge is 2.44. The summed E-state index contributed by atoms with van der Waals surface area (Å²) in [6.45, 7) is 5.63. The van der Waals surface area contributed by atoms with Gasteiger partial charge in [0.1, 0.15) is 72.5 Å². The van der Waals surface area contributed by atoms with Crippen LogP contribution in [-0.2, 0) is 80.0 Å². The molecule has 5 aliphatic heterocycles. The maximum atomic E-state index is 15.0. The molecule has 34 heteroatoms. The van der Waals surface area contributed by atoms with Gasteiger partial charge in [0.25, 0.3) is 0 Å². The van der Waals surface area contributed by atoms with Gasteiger partial charge in [-0.2, -0.15) is 0 Å². The molecule has 0 unspecified atom stereocenters. The van der Waals surface area contributed by atoms with Crippen molar-refractivity contribution < 1.29 is 72.2 Å². The molecule has 5 aliphatic rings. The number of carbonyl (C=O) groups is 14. The number of nitrogens with one attached hydrogen (secondary N) is 11. The quantitative estimate of drug-likeness (QED) is 0.0153. The number of aliphatic imine (C=N–C) groups is 1. The second-order valence-corrected chi connectivity index (χ2v) is 27.2. The van der Waals surface area contributed by atoms with Gasteiger partial charge in [0.2, 0.25) is 76.8 Å². The van der Waals surface area contributed by atoms with Gasteiger partial charge in [-0.3, -0.25) is 67.3 Å². The SMILES string of the molecule is CCCC[C@H](NC(=O)[C@@H]1CCCN1C(=O)CNC(=O)[C@H](CCCCN)NC(=O)[C@H](Cc1cnc[nH]1)NC(=O)[C@@H]1C/C=C\C[C@H](NC(=O)[C@@H]2CCC(=O)N2)C(=O)N2CCC[C@H]2C(=O)N[C@@H](CCCN=C(N)N)C(=O)N[C@@H](CC(C)C)C(=O)N1)C(=O)N1CCC[C@H]1C(=O)N[C@@H](Cc1ccccc1)C(=O)O. The first-order chi connectivity index (χ1) is 49.3. The number of aromatic amines is 1. The zero-order valence-electron chi connectivity index (χ0n) is 58.9. The van der Waals surface area contributed by atoms with Gasteiger partial charge in [-0.25, -0.2) is 9.78 Å². The number of benzene rings is 1. The molecule has 13 amide bonds. The van der Waals surface area contributed by atoms with E-state index in [9.17, 15) is 72.2 Å². The normalized spacial score (nSPS) is 23.2. The number of H-pyrrole nitrogens is 1. The molecular formula is C69H103N19O15. The molecule has 0 spiro atoms. The van der Waals surface area contributed by atoms with Crippen LogP contribution in [0, 0.1) is 5.92 Å². The molecule has 2 aromatic rings. The van der Waals surface area contributed by atoms with Crippen LogP contribution in [0.25, 0.3) is 0 Å². The summed E-state index contributed by atoms with van der Waals surface area (Å²) in [5.41, 5.74) is 18.1. The molecule has 1 aromatic carbocycles. The van der Waals surface area contributed by atoms with Gasteiger partial charge >= 0.3 is 5.97 Å². The number of aliphatic carboxylic acids is 1. The van der Waals surface area contributed by atoms with Crippen LogP contribution in [0.2, 0.25) is 0 Å². The lowest BCUT2D eigenvalue weighted by Gasteiger charge is -2.31. The fraction of sp³-hybridized carbons (Fsp3) is 0.623. The summed E-state index contributed by atoms with van der Waals surface area (Å²) < 4.78 is 0. The predicted octanol–water partition coefficient (Wildman–Crippen LogP) is -2.71. The number of carbonyl (C=O) groups excluding carboxylic acids is 13. The smallest absolute Gasteiger partial charge is 0.326 e. The number of amides is 13. The largest absolute Gasteiger partial charge is 0.480 e. The average molecular weight is 1440 g/mol. The van der Waals surface area contributed by atoms with E-state index in [0.29, 0.717) is 56.2 Å². The van der Waals surface area contributed by atoms with E-state index in [1.165, 1.54) is 39.4 Å². The number of guanidine groups is 1. The monoisotopic (exact) mass is 1440 g/mol. The molecule has 6 heterocycles. The van der Waals surface area contributed by atoms with Gasteiger partial charge in [-0.1, -0.05) is 76.1 Å². The van der Waals surface area contributed by atoms with Crippen molar-refractivity contribution in [2.45, 2.75) is 228 Å². The number of carboxylic acid groups (broad SMARTS) is 1. The van der Waals surface area contributed by atoms with E-state index in [1.807, 2.05) is 6.92 Å². The Morgan fingerprint density at radius 1 is 0.670 bits per heavy atom. The fourth-order valence-electron chi connectivity index (χ4n) is 13.4. The van der Waals surface area contributed by atoms with Gasteiger partial charge in [-0.05, 0) is 121 Å². The fourth-order valence-corrected chi connectivity index (χ4v) is 13.4. The standard InChI is InChI=1S/C69H103N19O15/c1-4-5-19-47(66(100)88-33-16-26-54(88)65(99)85-51(68(102)103)35-41-17-7-6-8-18-41)82-63(97)52-24-14-31-86(52)56(90)38-75-57(91)43(21-11-12-29-70)78-62(96)50(36-42-37-73-39-76-42)84-58(92)44-20-9-10-22-48(81-60(94)46-27-28-55(89)77-46)67(101)87-32-15-25-53(87)64(98)80-45(23-13-30-74-69(71)72)59(93)83-49(34-40(2)3)61(95)79-44/h6-10,17-18,37,39-40,43-54H,4-5,11-16,19-36,38,70H2,1-3H3,(H,73,76)(H,75,91)(H,77,89)(H,78,96)(H,79,95)(H,80,98)(H,81,94)(H,82,97)(H,83,93)(H,84,92)(H,85,99)(H,102,103)(H4,71,72,74)/b10-9-/t43-,44-,45-,46-,47-,48-,49-,50-,51-,52-,53-,54-/m0/s1. The predicted molar refractivity (Wildman–Crippen MR) is 374 cm³/mol. The lowest BCUT2D eigenvalue weighted by atomic mass is 10.0. The Morgan fingerprint density at radius 3 is 1.99 bits per heavy atom. The maximum absolute atomic E-state index is 15.0. The summed E-state index contributed by atoms with van der Waals surface area (Å²) in [5.74, 6) is -10.6. The Kier molecular flexibility index (Phi) is 31.2. The Hall–Kier alpha value is -10.0. The number of unbranched alkanes of at least 4 members (excludes halogenated alkanes) is 2. The van der Waals surface area contributed by atoms with E-state index in [1.54, 1.807) is 44.2 Å². The van der Waals surface area contributed by atoms with E-state index < -0.39 is 156 Å². The van der Waals surface area contributed by atoms with Crippen LogP contribution < -0.4 is 70.4 Å². The molecule has 7 rings (SSSR count). The molecule has 18 N–H and O–H groups in total. The minimum atomic E-state index is -1.52. The molecule has 34 nitrogen and oxygen atoms in total. The van der Waals surface area contributed by atoms with Crippen molar-refractivity contribution in [2.75, 3.05) is 39.3 Å². The second-order valence-electron chi connectivity index (χ2n) is 27.2. The lowest BCUT2D eigenvalue weighted by Crippen LogP contribution is -2.60. The highest BCUT2D eigenvalue weighted by Crippen LogP contribution is 2.25. The zero-order chi connectivity index (χ0) is 74.7. The number of nitrogens with two attached hydrogens (primary N) is 3. The van der Waals surface area contributed by atoms with Gasteiger partial charge in [0.05, 0.1) is 12.9 Å². The molecule has 0 saturated carbocycles. The molecule has 4 saturated heterocycles. The van der Waals surface area contributed by atoms with E-state index in [4.69, 9.17) is 17.2 Å². The Bertz CT molecular complexity index is 3370. The molecule has 564 valence electrons. The third-order valence-electron chi connectivity index (χ3n) is 18.9. The number of fused-ring (bicyclic) bond motifs is 1. The van der Waals surface area contributed by atoms with Crippen molar-refractivity contribution in [2.24, 2.45) is 28.1 Å². The Labute approximate surface area is 598 Å². The number of rotatable bonds is 32. The van der Waals surface area contributed by atoms with Crippen molar-refractivity contribution >= 4 is 88.7 Å². The number of nitrogens with zero attached hydrogens (tertiary/aromatic N) is 5. The van der Waals surface area contributed by atoms with Crippen molar-refractivity contribution in [3.8, 4) is 0 Å². The average Bonchev–Trinajstić information content (AvgIpc) is 1.75. The number of hydrogen-bond acceptors (Lipinski definition) is 17. The van der Waals surface area contributed by atoms with Crippen LogP contribution in [-0.4, -0.2) is 230 Å². The molecule has 103 heavy (non-hydrogen) atoms. The summed E-state index contributed by atoms with van der Waals surface area (Å²) in [6, 6.07) is -5.87. The molecule has 0 aliphatic carbocycles. The third kappa shape index (κ3) is 24.0. The maximum Gasteiger partial charge on any atom is 0.326 e. The molecule has 1 aromatic heterocycles. The van der Waals surface area contributed by atoms with Crippen LogP contribution in [0.5, 0.6) is 0 Å². The molecular weight excluding hydrogens is 1330 g/mol. The van der Waals surface area contributed by atoms with Crippen LogP contribution in [0.3, 0.4) is 0 Å². The van der Waals surface area contributed by atoms with E-state index in [0.717, 1.165) is 0 Å². The lowest BCUT2D eigenvalue weighted by molar-refractivity contribution is -0.145. The minimum absolute atomic E-state index is 0.00781. The van der Waals surface area contributed by atoms with Gasteiger partial charge in [0.15, 0.2) is 5.96 Å². The second kappa shape index (κ2) is 40.0. The van der Waals surface area contributed by atoms with Crippen LogP contribution in [0.4, 0.5) is 0 Å². The summed E-state index contributed by atoms with van der Waals surface area (Å²) >= 11 is 0. The summed E-state index contributed by atoms with van der Waals surface area (Å²) in [7, 11) is 0. The molecule has 0 bridgehead atoms. The first-order valence-corrected chi connectivity index (χ1v) is 35.9. The highest BCUT2D eigenvalue weighted by molar-refractivity contribution is 6.00. The Balaban J connectivity index is 1.07. The number of imidazole rings is 1. The van der Waals surface area contributed by atoms with Crippen LogP contribution in [0.1, 0.15) is 154 Å². The molecule has 12 atom stereocenters. The first-order valence-electron chi connectivity index (χ1n) is 35.9. The third-order valence-corrected chi connectivity index (χ3v) is 18.9. The minimum Gasteiger partial charge on any atom is -0.480 e. The zero-order valence-corrected chi connectivity index (χ0v) is 58.9. The number of carboxylic acids is 1. The van der Waals surface area contributed by atoms with Gasteiger partial charge in [0, 0.05) is 57.3 Å². The number of likely N-dealkylation sites (tertiary alicyclic amines) is 2. The van der Waals surface area contributed by atoms with Crippen molar-refractivity contribution in [1.82, 2.24) is 77.8 Å². The van der Waals surface area contributed by atoms with Gasteiger partial charge < -0.3 is 95.2 Å². The topological polar surface area (TPSA) is 508 Å². The van der Waals surface area contributed by atoms with Crippen molar-refractivity contribution in [1.29, 1.82) is 0 Å². The number of aromatic nitrogens is 2. The number of hydrogen-bond donors (Lipinski definition) is 15. The summed E-state index contributed by atoms with van der Waals surface area (Å²) in [4.78, 5) is 212. The first kappa shape index (κ1) is 80.3. The van der Waals surface area contributed by atoms with Crippen molar-refractivity contribution in [3.63, 3.8) is 0 Å². The van der Waals surface area contributed by atoms with E-state index in [2.05, 4.69) is 68.1 Å². The van der Waals surface area contributed by atoms with E-state index >= 15 is 0 Å². The molecule has 4 fully saturated rings. The van der Waals surface area contributed by atoms with Gasteiger partial charge in [-0.15, -0.1) is 0 Å². The van der Waals surface area contributed by atoms with Crippen LogP contribution in [0.15, 0.2) is 60.0 Å². The van der Waals surface area contributed by atoms with E-state index in [-0.39, 0.29) is 140 Å². The summed E-state index contributed by atoms with van der Waals surface area (Å²) in [5, 5.41) is 37.2.